The lowest BCUT2D eigenvalue weighted by Crippen LogP contribution is -2.16. The number of anilines is 1. The Morgan fingerprint density at radius 2 is 1.66 bits per heavy atom. The van der Waals surface area contributed by atoms with Crippen molar-refractivity contribution in [2.24, 2.45) is 0 Å². The van der Waals surface area contributed by atoms with Crippen LogP contribution >= 0.6 is 27.5 Å². The van der Waals surface area contributed by atoms with Gasteiger partial charge in [0.2, 0.25) is 0 Å². The molecule has 32 heavy (non-hydrogen) atoms. The molecule has 1 heterocycles. The van der Waals surface area contributed by atoms with E-state index in [1.54, 1.807) is 59.4 Å². The molecule has 0 aliphatic carbocycles. The Balaban J connectivity index is 1.45. The van der Waals surface area contributed by atoms with Crippen LogP contribution in [0.3, 0.4) is 0 Å². The van der Waals surface area contributed by atoms with Gasteiger partial charge in [-0.15, -0.1) is 0 Å². The first-order valence-corrected chi connectivity index (χ1v) is 10.8. The molecule has 0 aliphatic rings. The van der Waals surface area contributed by atoms with Crippen molar-refractivity contribution in [1.29, 1.82) is 0 Å². The Hall–Kier alpha value is -3.42. The first-order chi connectivity index (χ1) is 15.5. The number of hydrogen-bond donors (Lipinski definition) is 1. The summed E-state index contributed by atoms with van der Waals surface area (Å²) in [4.78, 5) is 25.8. The van der Waals surface area contributed by atoms with E-state index in [0.717, 1.165) is 4.47 Å². The molecule has 0 spiro atoms. The molecule has 0 saturated heterocycles. The lowest BCUT2D eigenvalue weighted by molar-refractivity contribution is 0.0996. The number of rotatable bonds is 7. The molecule has 4 rings (SSSR count). The maximum atomic E-state index is 12.9. The van der Waals surface area contributed by atoms with Gasteiger partial charge in [0, 0.05) is 20.6 Å². The second-order valence-electron chi connectivity index (χ2n) is 6.83. The Morgan fingerprint density at radius 1 is 0.969 bits per heavy atom. The van der Waals surface area contributed by atoms with Crippen LogP contribution in [0, 0.1) is 0 Å². The zero-order chi connectivity index (χ0) is 22.5. The number of amides is 1. The minimum Gasteiger partial charge on any atom is -0.471 e. The molecule has 0 atom stereocenters. The molecule has 0 bridgehead atoms. The Morgan fingerprint density at radius 3 is 2.38 bits per heavy atom. The molecule has 0 radical (unpaired) electrons. The van der Waals surface area contributed by atoms with Gasteiger partial charge in [0.25, 0.3) is 5.91 Å². The van der Waals surface area contributed by atoms with Crippen LogP contribution in [0.1, 0.15) is 26.3 Å². The molecule has 0 fully saturated rings. The van der Waals surface area contributed by atoms with Gasteiger partial charge in [-0.05, 0) is 54.6 Å². The fourth-order valence-corrected chi connectivity index (χ4v) is 3.39. The van der Waals surface area contributed by atoms with Crippen molar-refractivity contribution in [3.63, 3.8) is 0 Å². The quantitative estimate of drug-likeness (QED) is 0.318. The number of halogens is 2. The van der Waals surface area contributed by atoms with Gasteiger partial charge in [0.05, 0.1) is 23.6 Å². The van der Waals surface area contributed by atoms with Crippen LogP contribution in [0.4, 0.5) is 5.69 Å². The van der Waals surface area contributed by atoms with Crippen LogP contribution < -0.4 is 10.1 Å². The summed E-state index contributed by atoms with van der Waals surface area (Å²) in [6.45, 7) is 0.184. The highest BCUT2D eigenvalue weighted by Crippen LogP contribution is 2.19. The van der Waals surface area contributed by atoms with E-state index >= 15 is 0 Å². The van der Waals surface area contributed by atoms with Crippen molar-refractivity contribution in [2.75, 3.05) is 5.32 Å². The molecule has 0 saturated carbocycles. The van der Waals surface area contributed by atoms with Gasteiger partial charge in [-0.2, -0.15) is 5.10 Å². The number of ketones is 1. The lowest BCUT2D eigenvalue weighted by Gasteiger charge is -2.09. The van der Waals surface area contributed by atoms with Crippen LogP contribution in [0.2, 0.25) is 5.02 Å². The normalized spacial score (nSPS) is 10.6. The average molecular weight is 511 g/mol. The van der Waals surface area contributed by atoms with Gasteiger partial charge in [0.15, 0.2) is 12.5 Å². The summed E-state index contributed by atoms with van der Waals surface area (Å²) in [7, 11) is 0. The van der Waals surface area contributed by atoms with Crippen molar-refractivity contribution in [1.82, 2.24) is 9.78 Å². The largest absolute Gasteiger partial charge is 0.471 e. The minimum atomic E-state index is -0.406. The topological polar surface area (TPSA) is 73.2 Å². The van der Waals surface area contributed by atoms with Crippen LogP contribution in [0.25, 0.3) is 0 Å². The molecule has 0 unspecified atom stereocenters. The van der Waals surface area contributed by atoms with Crippen LogP contribution in [-0.4, -0.2) is 21.5 Å². The fourth-order valence-electron chi connectivity index (χ4n) is 3.00. The standard InChI is InChI=1S/C24H17BrClN3O3/c25-17-7-11-20(12-8-17)32-15-29-14-19(13-27-29)28-24(31)22-4-2-1-3-21(22)23(30)16-5-9-18(26)10-6-16/h1-14H,15H2,(H,28,31). The number of carbonyl (C=O) groups is 2. The third-order valence-electron chi connectivity index (χ3n) is 4.59. The molecular formula is C24H17BrClN3O3. The summed E-state index contributed by atoms with van der Waals surface area (Å²) >= 11 is 9.28. The van der Waals surface area contributed by atoms with E-state index in [-0.39, 0.29) is 18.1 Å². The zero-order valence-electron chi connectivity index (χ0n) is 16.7. The van der Waals surface area contributed by atoms with Crippen LogP contribution in [0.15, 0.2) is 89.7 Å². The molecule has 4 aromatic rings. The number of hydrogen-bond acceptors (Lipinski definition) is 4. The summed E-state index contributed by atoms with van der Waals surface area (Å²) < 4.78 is 8.19. The molecule has 3 aromatic carbocycles. The van der Waals surface area contributed by atoms with E-state index in [9.17, 15) is 9.59 Å². The Labute approximate surface area is 197 Å². The molecular weight excluding hydrogens is 494 g/mol. The maximum Gasteiger partial charge on any atom is 0.256 e. The summed E-state index contributed by atoms with van der Waals surface area (Å²) in [6, 6.07) is 20.7. The number of nitrogens with zero attached hydrogens (tertiary/aromatic N) is 2. The third kappa shape index (κ3) is 5.25. The predicted molar refractivity (Wildman–Crippen MR) is 126 cm³/mol. The van der Waals surface area contributed by atoms with Gasteiger partial charge in [-0.25, -0.2) is 4.68 Å². The van der Waals surface area contributed by atoms with Crippen LogP contribution in [-0.2, 0) is 6.73 Å². The number of nitrogens with one attached hydrogen (secondary N) is 1. The van der Waals surface area contributed by atoms with E-state index in [1.165, 1.54) is 6.20 Å². The van der Waals surface area contributed by atoms with Gasteiger partial charge < -0.3 is 10.1 Å². The SMILES string of the molecule is O=C(Nc1cnn(COc2ccc(Br)cc2)c1)c1ccccc1C(=O)c1ccc(Cl)cc1. The molecule has 1 amide bonds. The highest BCUT2D eigenvalue weighted by Gasteiger charge is 2.18. The third-order valence-corrected chi connectivity index (χ3v) is 5.37. The Kier molecular flexibility index (Phi) is 6.68. The number of benzene rings is 3. The summed E-state index contributed by atoms with van der Waals surface area (Å²) in [5.41, 5.74) is 1.51. The summed E-state index contributed by atoms with van der Waals surface area (Å²) in [5.74, 6) is 0.0335. The smallest absolute Gasteiger partial charge is 0.256 e. The molecule has 8 heteroatoms. The first-order valence-electron chi connectivity index (χ1n) is 9.61. The summed E-state index contributed by atoms with van der Waals surface area (Å²) in [6.07, 6.45) is 3.17. The van der Waals surface area contributed by atoms with E-state index in [2.05, 4.69) is 26.3 Å². The van der Waals surface area contributed by atoms with Gasteiger partial charge >= 0.3 is 0 Å². The highest BCUT2D eigenvalue weighted by molar-refractivity contribution is 9.10. The molecule has 0 aliphatic heterocycles. The molecule has 160 valence electrons. The fraction of sp³-hybridized carbons (Fsp3) is 0.0417. The second-order valence-corrected chi connectivity index (χ2v) is 8.18. The minimum absolute atomic E-state index is 0.184. The monoisotopic (exact) mass is 509 g/mol. The second kappa shape index (κ2) is 9.80. The lowest BCUT2D eigenvalue weighted by atomic mass is 9.98. The predicted octanol–water partition coefficient (Wildman–Crippen LogP) is 5.82. The van der Waals surface area contributed by atoms with Crippen molar-refractivity contribution in [3.05, 3.63) is 111 Å². The van der Waals surface area contributed by atoms with Crippen molar-refractivity contribution in [2.45, 2.75) is 6.73 Å². The van der Waals surface area contributed by atoms with Gasteiger partial charge in [0.1, 0.15) is 5.75 Å². The van der Waals surface area contributed by atoms with E-state index in [0.29, 0.717) is 27.6 Å². The molecule has 1 aromatic heterocycles. The molecule has 1 N–H and O–H groups in total. The number of ether oxygens (including phenoxy) is 1. The maximum absolute atomic E-state index is 12.9. The van der Waals surface area contributed by atoms with Gasteiger partial charge in [-0.3, -0.25) is 9.59 Å². The van der Waals surface area contributed by atoms with E-state index < -0.39 is 5.91 Å². The van der Waals surface area contributed by atoms with Crippen molar-refractivity contribution < 1.29 is 14.3 Å². The van der Waals surface area contributed by atoms with Gasteiger partial charge in [-0.1, -0.05) is 45.7 Å². The average Bonchev–Trinajstić information content (AvgIpc) is 3.26. The highest BCUT2D eigenvalue weighted by atomic mass is 79.9. The van der Waals surface area contributed by atoms with Crippen molar-refractivity contribution in [3.8, 4) is 5.75 Å². The van der Waals surface area contributed by atoms with E-state index in [4.69, 9.17) is 16.3 Å². The van der Waals surface area contributed by atoms with Crippen LogP contribution in [0.5, 0.6) is 5.75 Å². The summed E-state index contributed by atoms with van der Waals surface area (Å²) in [5, 5.41) is 7.52. The zero-order valence-corrected chi connectivity index (χ0v) is 19.0. The Bertz CT molecular complexity index is 1250. The van der Waals surface area contributed by atoms with Crippen molar-refractivity contribution >= 4 is 44.9 Å². The first kappa shape index (κ1) is 21.8. The number of carbonyl (C=O) groups excluding carboxylic acids is 2. The van der Waals surface area contributed by atoms with E-state index in [1.807, 2.05) is 24.3 Å². The number of aromatic nitrogens is 2. The molecule has 6 nitrogen and oxygen atoms in total.